The molecule has 2 nitrogen and oxygen atoms in total. The van der Waals surface area contributed by atoms with Gasteiger partial charge in [0.05, 0.1) is 0 Å². The molecule has 0 fully saturated rings. The van der Waals surface area contributed by atoms with Crippen LogP contribution in [0.4, 0.5) is 0 Å². The van der Waals surface area contributed by atoms with E-state index in [0.29, 0.717) is 0 Å². The lowest BCUT2D eigenvalue weighted by Gasteiger charge is -2.03. The first-order valence-corrected chi connectivity index (χ1v) is 4.31. The monoisotopic (exact) mass is 191 g/mol. The molecule has 1 aromatic carbocycles. The van der Waals surface area contributed by atoms with E-state index in [-0.39, 0.29) is 0 Å². The lowest BCUT2D eigenvalue weighted by Crippen LogP contribution is -1.88. The highest BCUT2D eigenvalue weighted by atomic mass is 32.1. The maximum Gasteiger partial charge on any atom is 0.137 e. The zero-order valence-corrected chi connectivity index (χ0v) is 7.82. The smallest absolute Gasteiger partial charge is 0.137 e. The van der Waals surface area contributed by atoms with E-state index in [1.165, 1.54) is 0 Å². The van der Waals surface area contributed by atoms with Gasteiger partial charge in [0.1, 0.15) is 5.75 Å². The molecule has 1 heterocycles. The van der Waals surface area contributed by atoms with Crippen molar-refractivity contribution >= 4 is 12.9 Å². The summed E-state index contributed by atoms with van der Waals surface area (Å²) in [7, 11) is 0. The molecule has 0 amide bonds. The minimum atomic E-state index is 0.749. The predicted molar refractivity (Wildman–Crippen MR) is 55.4 cm³/mol. The van der Waals surface area contributed by atoms with Crippen molar-refractivity contribution in [3.8, 4) is 11.4 Å². The van der Waals surface area contributed by atoms with Crippen LogP contribution in [0.2, 0.25) is 0 Å². The molecule has 0 atom stereocenters. The van der Waals surface area contributed by atoms with Crippen LogP contribution in [-0.2, 0) is 0 Å². The highest BCUT2D eigenvalue weighted by Crippen LogP contribution is 2.15. The van der Waals surface area contributed by atoms with Crippen molar-refractivity contribution in [2.75, 3.05) is 0 Å². The van der Waals surface area contributed by atoms with E-state index < -0.39 is 0 Å². The topological polar surface area (TPSA) is 14.2 Å². The van der Waals surface area contributed by atoms with Crippen LogP contribution in [-0.4, -0.2) is 4.57 Å². The molecular weight excluding hydrogens is 182 g/mol. The Morgan fingerprint density at radius 3 is 2.15 bits per heavy atom. The summed E-state index contributed by atoms with van der Waals surface area (Å²) in [6, 6.07) is 11.7. The Hall–Kier alpha value is -1.35. The van der Waals surface area contributed by atoms with Crippen molar-refractivity contribution in [2.24, 2.45) is 0 Å². The van der Waals surface area contributed by atoms with Gasteiger partial charge in [-0.3, -0.25) is 0 Å². The van der Waals surface area contributed by atoms with Crippen LogP contribution in [0.15, 0.2) is 48.8 Å². The van der Waals surface area contributed by atoms with Crippen LogP contribution in [0.25, 0.3) is 5.69 Å². The number of rotatable bonds is 2. The number of hydrogen-bond acceptors (Lipinski definition) is 2. The third kappa shape index (κ3) is 1.70. The summed E-state index contributed by atoms with van der Waals surface area (Å²) in [6.07, 6.45) is 3.99. The minimum absolute atomic E-state index is 0.749. The maximum absolute atomic E-state index is 4.77. The van der Waals surface area contributed by atoms with Crippen molar-refractivity contribution in [1.29, 1.82) is 0 Å². The fraction of sp³-hybridized carbons (Fsp3) is 0. The van der Waals surface area contributed by atoms with Crippen LogP contribution < -0.4 is 4.18 Å². The van der Waals surface area contributed by atoms with Gasteiger partial charge in [-0.15, -0.1) is 0 Å². The van der Waals surface area contributed by atoms with Gasteiger partial charge < -0.3 is 8.75 Å². The van der Waals surface area contributed by atoms with Crippen LogP contribution in [0.3, 0.4) is 0 Å². The zero-order chi connectivity index (χ0) is 9.10. The van der Waals surface area contributed by atoms with E-state index in [1.54, 1.807) is 0 Å². The second-order valence-corrected chi connectivity index (χ2v) is 2.86. The third-order valence-electron chi connectivity index (χ3n) is 1.84. The molecule has 0 spiro atoms. The van der Waals surface area contributed by atoms with E-state index >= 15 is 0 Å². The van der Waals surface area contributed by atoms with E-state index in [2.05, 4.69) is 12.9 Å². The highest BCUT2D eigenvalue weighted by Gasteiger charge is 1.94. The van der Waals surface area contributed by atoms with E-state index in [0.717, 1.165) is 11.4 Å². The summed E-state index contributed by atoms with van der Waals surface area (Å²) in [5, 5.41) is 0. The zero-order valence-electron chi connectivity index (χ0n) is 6.92. The van der Waals surface area contributed by atoms with Crippen LogP contribution >= 0.6 is 12.9 Å². The molecule has 0 aliphatic heterocycles. The number of thiol groups is 1. The fourth-order valence-corrected chi connectivity index (χ4v) is 1.31. The van der Waals surface area contributed by atoms with Gasteiger partial charge in [0.15, 0.2) is 0 Å². The van der Waals surface area contributed by atoms with Crippen molar-refractivity contribution in [3.05, 3.63) is 48.8 Å². The molecule has 2 rings (SSSR count). The van der Waals surface area contributed by atoms with Gasteiger partial charge in [-0.2, -0.15) is 0 Å². The molecule has 1 aromatic heterocycles. The van der Waals surface area contributed by atoms with Crippen LogP contribution in [0, 0.1) is 0 Å². The normalized spacial score (nSPS) is 9.92. The molecule has 3 heteroatoms. The number of nitrogens with zero attached hydrogens (tertiary/aromatic N) is 1. The molecule has 13 heavy (non-hydrogen) atoms. The first-order valence-electron chi connectivity index (χ1n) is 3.95. The van der Waals surface area contributed by atoms with Gasteiger partial charge in [-0.1, -0.05) is 0 Å². The highest BCUT2D eigenvalue weighted by molar-refractivity contribution is 7.75. The van der Waals surface area contributed by atoms with Gasteiger partial charge in [0, 0.05) is 31.0 Å². The molecule has 0 radical (unpaired) electrons. The van der Waals surface area contributed by atoms with Crippen molar-refractivity contribution < 1.29 is 4.18 Å². The predicted octanol–water partition coefficient (Wildman–Crippen LogP) is 2.70. The molecule has 66 valence electrons. The summed E-state index contributed by atoms with van der Waals surface area (Å²) >= 11 is 3.71. The Balaban J connectivity index is 2.33. The minimum Gasteiger partial charge on any atom is -0.429 e. The molecule has 0 saturated heterocycles. The molecule has 0 N–H and O–H groups in total. The fourth-order valence-electron chi connectivity index (χ4n) is 1.19. The first kappa shape index (κ1) is 8.26. The number of aromatic nitrogens is 1. The molecule has 0 aliphatic carbocycles. The van der Waals surface area contributed by atoms with Gasteiger partial charge in [0.2, 0.25) is 0 Å². The summed E-state index contributed by atoms with van der Waals surface area (Å²) < 4.78 is 6.80. The number of benzene rings is 1. The second-order valence-electron chi connectivity index (χ2n) is 2.68. The summed E-state index contributed by atoms with van der Waals surface area (Å²) in [4.78, 5) is 0. The summed E-state index contributed by atoms with van der Waals surface area (Å²) in [5.74, 6) is 0.749. The lowest BCUT2D eigenvalue weighted by molar-refractivity contribution is 0.658. The maximum atomic E-state index is 4.77. The van der Waals surface area contributed by atoms with Crippen LogP contribution in [0.5, 0.6) is 5.75 Å². The lowest BCUT2D eigenvalue weighted by atomic mass is 10.3. The van der Waals surface area contributed by atoms with Gasteiger partial charge in [-0.25, -0.2) is 0 Å². The third-order valence-corrected chi connectivity index (χ3v) is 2.06. The van der Waals surface area contributed by atoms with E-state index in [1.807, 2.05) is 53.4 Å². The van der Waals surface area contributed by atoms with Gasteiger partial charge in [-0.05, 0) is 36.4 Å². The Labute approximate surface area is 82.4 Å². The SMILES string of the molecule is SOc1ccc(-n2cccc2)cc1. The van der Waals surface area contributed by atoms with E-state index in [4.69, 9.17) is 4.18 Å². The first-order chi connectivity index (χ1) is 6.40. The summed E-state index contributed by atoms with van der Waals surface area (Å²) in [6.45, 7) is 0. The Kier molecular flexibility index (Phi) is 2.27. The number of hydrogen-bond donors (Lipinski definition) is 1. The molecule has 0 bridgehead atoms. The second kappa shape index (κ2) is 3.58. The Morgan fingerprint density at radius 2 is 1.62 bits per heavy atom. The molecule has 0 saturated carbocycles. The van der Waals surface area contributed by atoms with E-state index in [9.17, 15) is 0 Å². The van der Waals surface area contributed by atoms with Crippen molar-refractivity contribution in [1.82, 2.24) is 4.57 Å². The largest absolute Gasteiger partial charge is 0.429 e. The average Bonchev–Trinajstić information content (AvgIpc) is 2.71. The molecule has 0 aliphatic rings. The van der Waals surface area contributed by atoms with Gasteiger partial charge >= 0.3 is 0 Å². The molecule has 2 aromatic rings. The molecular formula is C10H9NOS. The Bertz CT molecular complexity index is 366. The molecule has 0 unspecified atom stereocenters. The van der Waals surface area contributed by atoms with Gasteiger partial charge in [0.25, 0.3) is 0 Å². The van der Waals surface area contributed by atoms with Crippen molar-refractivity contribution in [3.63, 3.8) is 0 Å². The standard InChI is InChI=1S/C10H9NOS/c13-12-10-5-3-9(4-6-10)11-7-1-2-8-11/h1-8,13H. The van der Waals surface area contributed by atoms with Crippen LogP contribution in [0.1, 0.15) is 0 Å². The summed E-state index contributed by atoms with van der Waals surface area (Å²) in [5.41, 5.74) is 1.11. The quantitative estimate of drug-likeness (QED) is 0.569. The Morgan fingerprint density at radius 1 is 1.00 bits per heavy atom. The van der Waals surface area contributed by atoms with Crippen molar-refractivity contribution in [2.45, 2.75) is 0 Å². The average molecular weight is 191 g/mol.